The third kappa shape index (κ3) is 5.19. The lowest BCUT2D eigenvalue weighted by Crippen LogP contribution is -2.51. The highest BCUT2D eigenvalue weighted by atomic mass is 19.1. The maximum atomic E-state index is 14.1. The predicted molar refractivity (Wildman–Crippen MR) is 126 cm³/mol. The van der Waals surface area contributed by atoms with Gasteiger partial charge in [0.1, 0.15) is 11.6 Å². The molecule has 1 aliphatic rings. The van der Waals surface area contributed by atoms with E-state index < -0.39 is 0 Å². The van der Waals surface area contributed by atoms with Crippen molar-refractivity contribution >= 4 is 17.3 Å². The summed E-state index contributed by atoms with van der Waals surface area (Å²) in [4.78, 5) is 19.1. The Morgan fingerprint density at radius 2 is 1.56 bits per heavy atom. The van der Waals surface area contributed by atoms with Gasteiger partial charge in [-0.05, 0) is 42.0 Å². The fourth-order valence-corrected chi connectivity index (χ4v) is 4.00. The van der Waals surface area contributed by atoms with Gasteiger partial charge < -0.3 is 19.4 Å². The molecular weight excluding hydrogens is 405 g/mol. The normalized spacial score (nSPS) is 13.7. The summed E-state index contributed by atoms with van der Waals surface area (Å²) in [6.45, 7) is 3.31. The van der Waals surface area contributed by atoms with Crippen LogP contribution in [0.1, 0.15) is 5.56 Å². The summed E-state index contributed by atoms with van der Waals surface area (Å²) in [6.07, 6.45) is 0. The Balaban J connectivity index is 1.43. The monoisotopic (exact) mass is 433 g/mol. The Morgan fingerprint density at radius 3 is 2.22 bits per heavy atom. The van der Waals surface area contributed by atoms with Gasteiger partial charge in [0.15, 0.2) is 0 Å². The first-order valence-electron chi connectivity index (χ1n) is 10.8. The molecule has 166 valence electrons. The number of halogens is 1. The standard InChI is InChI=1S/C26H28FN3O2/c1-32-23-13-11-22(12-14-23)30(19-21-7-3-2-4-8-21)20-26(31)29-17-15-28(16-18-29)25-10-6-5-9-24(25)27/h2-14H,15-20H2,1H3. The van der Waals surface area contributed by atoms with E-state index >= 15 is 0 Å². The fourth-order valence-electron chi connectivity index (χ4n) is 4.00. The molecule has 0 aliphatic carbocycles. The van der Waals surface area contributed by atoms with Crippen molar-refractivity contribution in [1.82, 2.24) is 4.90 Å². The molecule has 1 heterocycles. The molecule has 5 nitrogen and oxygen atoms in total. The van der Waals surface area contributed by atoms with E-state index in [0.29, 0.717) is 38.4 Å². The van der Waals surface area contributed by atoms with Crippen LogP contribution in [0.15, 0.2) is 78.9 Å². The fraction of sp³-hybridized carbons (Fsp3) is 0.269. The maximum Gasteiger partial charge on any atom is 0.242 e. The highest BCUT2D eigenvalue weighted by Crippen LogP contribution is 2.23. The van der Waals surface area contributed by atoms with Crippen LogP contribution in [-0.2, 0) is 11.3 Å². The molecule has 0 atom stereocenters. The number of para-hydroxylation sites is 1. The summed E-state index contributed by atoms with van der Waals surface area (Å²) in [5, 5.41) is 0. The van der Waals surface area contributed by atoms with E-state index in [4.69, 9.17) is 4.74 Å². The highest BCUT2D eigenvalue weighted by molar-refractivity contribution is 5.82. The topological polar surface area (TPSA) is 36.0 Å². The Morgan fingerprint density at radius 1 is 0.906 bits per heavy atom. The minimum absolute atomic E-state index is 0.0740. The zero-order valence-electron chi connectivity index (χ0n) is 18.3. The van der Waals surface area contributed by atoms with E-state index in [9.17, 15) is 9.18 Å². The molecule has 0 aromatic heterocycles. The van der Waals surface area contributed by atoms with Crippen molar-refractivity contribution in [2.24, 2.45) is 0 Å². The van der Waals surface area contributed by atoms with Crippen molar-refractivity contribution < 1.29 is 13.9 Å². The second-order valence-electron chi connectivity index (χ2n) is 7.86. The first kappa shape index (κ1) is 21.7. The molecule has 0 radical (unpaired) electrons. The van der Waals surface area contributed by atoms with Crippen LogP contribution in [0.2, 0.25) is 0 Å². The van der Waals surface area contributed by atoms with Gasteiger partial charge >= 0.3 is 0 Å². The van der Waals surface area contributed by atoms with E-state index in [-0.39, 0.29) is 18.3 Å². The number of anilines is 2. The molecule has 1 fully saturated rings. The molecule has 3 aromatic rings. The average Bonchev–Trinajstić information content (AvgIpc) is 2.85. The number of carbonyl (C=O) groups is 1. The SMILES string of the molecule is COc1ccc(N(CC(=O)N2CCN(c3ccccc3F)CC2)Cc2ccccc2)cc1. The number of piperazine rings is 1. The van der Waals surface area contributed by atoms with Crippen molar-refractivity contribution in [3.05, 3.63) is 90.2 Å². The summed E-state index contributed by atoms with van der Waals surface area (Å²) >= 11 is 0. The number of benzene rings is 3. The molecule has 1 amide bonds. The molecule has 0 spiro atoms. The first-order chi connectivity index (χ1) is 15.6. The molecule has 0 N–H and O–H groups in total. The number of ether oxygens (including phenoxy) is 1. The van der Waals surface area contributed by atoms with E-state index in [1.165, 1.54) is 6.07 Å². The number of hydrogen-bond donors (Lipinski definition) is 0. The molecule has 0 unspecified atom stereocenters. The molecule has 1 saturated heterocycles. The van der Waals surface area contributed by atoms with Crippen molar-refractivity contribution in [2.45, 2.75) is 6.54 Å². The van der Waals surface area contributed by atoms with Gasteiger partial charge in [-0.2, -0.15) is 0 Å². The summed E-state index contributed by atoms with van der Waals surface area (Å²) in [6, 6.07) is 24.7. The lowest BCUT2D eigenvalue weighted by molar-refractivity contribution is -0.130. The van der Waals surface area contributed by atoms with Crippen molar-refractivity contribution in [2.75, 3.05) is 49.6 Å². The van der Waals surface area contributed by atoms with E-state index in [1.807, 2.05) is 58.3 Å². The first-order valence-corrected chi connectivity index (χ1v) is 10.8. The minimum Gasteiger partial charge on any atom is -0.497 e. The molecular formula is C26H28FN3O2. The van der Waals surface area contributed by atoms with Gasteiger partial charge in [0.25, 0.3) is 0 Å². The quantitative estimate of drug-likeness (QED) is 0.560. The zero-order chi connectivity index (χ0) is 22.3. The summed E-state index contributed by atoms with van der Waals surface area (Å²) in [5.74, 6) is 0.634. The molecule has 4 rings (SSSR count). The predicted octanol–water partition coefficient (Wildman–Crippen LogP) is 4.19. The Bertz CT molecular complexity index is 1020. The van der Waals surface area contributed by atoms with Gasteiger partial charge in [0, 0.05) is 38.4 Å². The van der Waals surface area contributed by atoms with Crippen LogP contribution in [-0.4, -0.2) is 50.6 Å². The maximum absolute atomic E-state index is 14.1. The van der Waals surface area contributed by atoms with Crippen LogP contribution >= 0.6 is 0 Å². The van der Waals surface area contributed by atoms with Gasteiger partial charge in [-0.25, -0.2) is 4.39 Å². The van der Waals surface area contributed by atoms with Gasteiger partial charge in [0.2, 0.25) is 5.91 Å². The van der Waals surface area contributed by atoms with Crippen LogP contribution in [0, 0.1) is 5.82 Å². The molecule has 0 bridgehead atoms. The summed E-state index contributed by atoms with van der Waals surface area (Å²) in [5.41, 5.74) is 2.71. The van der Waals surface area contributed by atoms with Crippen LogP contribution in [0.4, 0.5) is 15.8 Å². The second-order valence-corrected chi connectivity index (χ2v) is 7.86. The molecule has 1 aliphatic heterocycles. The van der Waals surface area contributed by atoms with E-state index in [1.54, 1.807) is 19.2 Å². The Labute approximate surface area is 188 Å². The smallest absolute Gasteiger partial charge is 0.242 e. The van der Waals surface area contributed by atoms with Gasteiger partial charge in [0.05, 0.1) is 19.3 Å². The molecule has 32 heavy (non-hydrogen) atoms. The van der Waals surface area contributed by atoms with Crippen LogP contribution in [0.25, 0.3) is 0 Å². The number of carbonyl (C=O) groups excluding carboxylic acids is 1. The average molecular weight is 434 g/mol. The van der Waals surface area contributed by atoms with Crippen molar-refractivity contribution in [3.63, 3.8) is 0 Å². The number of hydrogen-bond acceptors (Lipinski definition) is 4. The largest absolute Gasteiger partial charge is 0.497 e. The van der Waals surface area contributed by atoms with Crippen molar-refractivity contribution in [1.29, 1.82) is 0 Å². The Kier molecular flexibility index (Phi) is 6.90. The van der Waals surface area contributed by atoms with Crippen LogP contribution in [0.5, 0.6) is 5.75 Å². The number of methoxy groups -OCH3 is 1. The van der Waals surface area contributed by atoms with Crippen LogP contribution in [0.3, 0.4) is 0 Å². The van der Waals surface area contributed by atoms with Gasteiger partial charge in [-0.3, -0.25) is 4.79 Å². The van der Waals surface area contributed by atoms with Crippen LogP contribution < -0.4 is 14.5 Å². The molecule has 6 heteroatoms. The number of amides is 1. The van der Waals surface area contributed by atoms with Gasteiger partial charge in [-0.15, -0.1) is 0 Å². The lowest BCUT2D eigenvalue weighted by atomic mass is 10.2. The summed E-state index contributed by atoms with van der Waals surface area (Å²) < 4.78 is 19.4. The van der Waals surface area contributed by atoms with E-state index in [2.05, 4.69) is 17.0 Å². The highest BCUT2D eigenvalue weighted by Gasteiger charge is 2.24. The van der Waals surface area contributed by atoms with Gasteiger partial charge in [-0.1, -0.05) is 42.5 Å². The lowest BCUT2D eigenvalue weighted by Gasteiger charge is -2.37. The van der Waals surface area contributed by atoms with E-state index in [0.717, 1.165) is 17.0 Å². The molecule has 0 saturated carbocycles. The second kappa shape index (κ2) is 10.2. The number of rotatable bonds is 7. The molecule has 3 aromatic carbocycles. The third-order valence-electron chi connectivity index (χ3n) is 5.81. The third-order valence-corrected chi connectivity index (χ3v) is 5.81. The van der Waals surface area contributed by atoms with Crippen molar-refractivity contribution in [3.8, 4) is 5.75 Å². The minimum atomic E-state index is -0.221. The zero-order valence-corrected chi connectivity index (χ0v) is 18.3. The Hall–Kier alpha value is -3.54. The summed E-state index contributed by atoms with van der Waals surface area (Å²) in [7, 11) is 1.64. The number of nitrogens with zero attached hydrogens (tertiary/aromatic N) is 3.